The molecule has 0 saturated carbocycles. The highest BCUT2D eigenvalue weighted by Crippen LogP contribution is 2.11. The number of amides is 1. The molecule has 1 aliphatic rings. The Kier molecular flexibility index (Phi) is 6.12. The number of nitrogens with one attached hydrogen (secondary N) is 2. The highest BCUT2D eigenvalue weighted by Gasteiger charge is 2.22. The summed E-state index contributed by atoms with van der Waals surface area (Å²) in [5.74, 6) is 0.000975. The van der Waals surface area contributed by atoms with E-state index < -0.39 is 0 Å². The molecule has 0 aromatic heterocycles. The molecule has 1 fully saturated rings. The van der Waals surface area contributed by atoms with Gasteiger partial charge in [0.2, 0.25) is 5.91 Å². The average molecular weight is 271 g/mol. The fourth-order valence-electron chi connectivity index (χ4n) is 1.87. The first-order valence-corrected chi connectivity index (χ1v) is 5.94. The van der Waals surface area contributed by atoms with Crippen molar-refractivity contribution in [2.45, 2.75) is 19.0 Å². The van der Waals surface area contributed by atoms with Crippen molar-refractivity contribution in [3.05, 3.63) is 35.9 Å². The third kappa shape index (κ3) is 3.98. The highest BCUT2D eigenvalue weighted by molar-refractivity contribution is 5.85. The second-order valence-electron chi connectivity index (χ2n) is 4.22. The lowest BCUT2D eigenvalue weighted by molar-refractivity contribution is -0.126. The monoisotopic (exact) mass is 270 g/mol. The van der Waals surface area contributed by atoms with Crippen LogP contribution < -0.4 is 10.6 Å². The molecule has 1 amide bonds. The lowest BCUT2D eigenvalue weighted by Crippen LogP contribution is -2.51. The first kappa shape index (κ1) is 15.0. The molecule has 1 aliphatic heterocycles. The first-order valence-electron chi connectivity index (χ1n) is 5.94. The van der Waals surface area contributed by atoms with Crippen LogP contribution in [-0.4, -0.2) is 31.7 Å². The molecule has 0 spiro atoms. The largest absolute Gasteiger partial charge is 0.378 e. The second-order valence-corrected chi connectivity index (χ2v) is 4.22. The number of rotatable bonds is 3. The summed E-state index contributed by atoms with van der Waals surface area (Å²) in [5, 5.41) is 6.12. The Morgan fingerprint density at radius 1 is 1.44 bits per heavy atom. The van der Waals surface area contributed by atoms with E-state index in [0.717, 1.165) is 12.1 Å². The van der Waals surface area contributed by atoms with E-state index in [1.54, 1.807) is 0 Å². The number of benzene rings is 1. The van der Waals surface area contributed by atoms with Crippen LogP contribution in [0, 0.1) is 0 Å². The van der Waals surface area contributed by atoms with Gasteiger partial charge in [-0.05, 0) is 12.5 Å². The molecule has 18 heavy (non-hydrogen) atoms. The molecule has 0 aliphatic carbocycles. The third-order valence-electron chi connectivity index (χ3n) is 2.90. The topological polar surface area (TPSA) is 50.4 Å². The van der Waals surface area contributed by atoms with Crippen LogP contribution in [0.1, 0.15) is 18.5 Å². The van der Waals surface area contributed by atoms with Gasteiger partial charge in [-0.3, -0.25) is 4.79 Å². The van der Waals surface area contributed by atoms with Crippen molar-refractivity contribution >= 4 is 18.3 Å². The Morgan fingerprint density at radius 3 is 2.78 bits per heavy atom. The minimum atomic E-state index is -0.227. The van der Waals surface area contributed by atoms with E-state index in [2.05, 4.69) is 10.6 Å². The van der Waals surface area contributed by atoms with Gasteiger partial charge in [-0.25, -0.2) is 0 Å². The predicted molar refractivity (Wildman–Crippen MR) is 72.9 cm³/mol. The molecule has 2 unspecified atom stereocenters. The molecular weight excluding hydrogens is 252 g/mol. The Hall–Kier alpha value is -1.10. The maximum atomic E-state index is 11.9. The molecule has 2 rings (SSSR count). The molecule has 0 bridgehead atoms. The molecule has 1 aromatic rings. The number of carbonyl (C=O) groups is 1. The Bertz CT molecular complexity index is 367. The van der Waals surface area contributed by atoms with E-state index in [-0.39, 0.29) is 30.4 Å². The number of ether oxygens (including phenoxy) is 1. The van der Waals surface area contributed by atoms with Crippen LogP contribution in [-0.2, 0) is 9.53 Å². The highest BCUT2D eigenvalue weighted by atomic mass is 35.5. The number of halogens is 1. The number of morpholine rings is 1. The van der Waals surface area contributed by atoms with Gasteiger partial charge >= 0.3 is 0 Å². The SMILES string of the molecule is CC(NC(=O)C1COCCN1)c1ccccc1.Cl. The van der Waals surface area contributed by atoms with E-state index in [0.29, 0.717) is 13.2 Å². The fraction of sp³-hybridized carbons (Fsp3) is 0.462. The maximum Gasteiger partial charge on any atom is 0.240 e. The number of carbonyl (C=O) groups excluding carboxylic acids is 1. The summed E-state index contributed by atoms with van der Waals surface area (Å²) in [6, 6.07) is 9.72. The molecule has 4 nitrogen and oxygen atoms in total. The molecule has 2 atom stereocenters. The second kappa shape index (κ2) is 7.36. The van der Waals surface area contributed by atoms with Crippen molar-refractivity contribution < 1.29 is 9.53 Å². The van der Waals surface area contributed by atoms with Gasteiger partial charge in [0.1, 0.15) is 6.04 Å². The molecule has 1 heterocycles. The van der Waals surface area contributed by atoms with Crippen LogP contribution in [0.4, 0.5) is 0 Å². The lowest BCUT2D eigenvalue weighted by Gasteiger charge is -2.24. The number of hydrogen-bond acceptors (Lipinski definition) is 3. The minimum Gasteiger partial charge on any atom is -0.378 e. The summed E-state index contributed by atoms with van der Waals surface area (Å²) in [5.41, 5.74) is 1.11. The zero-order valence-corrected chi connectivity index (χ0v) is 11.2. The zero-order valence-electron chi connectivity index (χ0n) is 10.4. The first-order chi connectivity index (χ1) is 8.27. The Labute approximate surface area is 114 Å². The van der Waals surface area contributed by atoms with E-state index in [1.807, 2.05) is 37.3 Å². The van der Waals surface area contributed by atoms with Crippen molar-refractivity contribution in [2.75, 3.05) is 19.8 Å². The van der Waals surface area contributed by atoms with Gasteiger partial charge in [-0.1, -0.05) is 30.3 Å². The van der Waals surface area contributed by atoms with Crippen molar-refractivity contribution in [3.8, 4) is 0 Å². The maximum absolute atomic E-state index is 11.9. The van der Waals surface area contributed by atoms with Gasteiger partial charge in [0.15, 0.2) is 0 Å². The zero-order chi connectivity index (χ0) is 12.1. The van der Waals surface area contributed by atoms with E-state index in [4.69, 9.17) is 4.74 Å². The van der Waals surface area contributed by atoms with Gasteiger partial charge in [-0.15, -0.1) is 12.4 Å². The van der Waals surface area contributed by atoms with E-state index in [9.17, 15) is 4.79 Å². The van der Waals surface area contributed by atoms with Crippen molar-refractivity contribution in [2.24, 2.45) is 0 Å². The molecule has 100 valence electrons. The van der Waals surface area contributed by atoms with Crippen LogP contribution in [0.5, 0.6) is 0 Å². The van der Waals surface area contributed by atoms with Gasteiger partial charge in [-0.2, -0.15) is 0 Å². The van der Waals surface area contributed by atoms with Crippen molar-refractivity contribution in [1.29, 1.82) is 0 Å². The van der Waals surface area contributed by atoms with E-state index >= 15 is 0 Å². The summed E-state index contributed by atoms with van der Waals surface area (Å²) in [6.07, 6.45) is 0. The molecule has 1 aromatic carbocycles. The minimum absolute atomic E-state index is 0. The van der Waals surface area contributed by atoms with Crippen LogP contribution >= 0.6 is 12.4 Å². The van der Waals surface area contributed by atoms with Crippen LogP contribution in [0.15, 0.2) is 30.3 Å². The van der Waals surface area contributed by atoms with Crippen molar-refractivity contribution in [1.82, 2.24) is 10.6 Å². The fourth-order valence-corrected chi connectivity index (χ4v) is 1.87. The molecule has 2 N–H and O–H groups in total. The molecule has 1 saturated heterocycles. The molecule has 5 heteroatoms. The van der Waals surface area contributed by atoms with Crippen molar-refractivity contribution in [3.63, 3.8) is 0 Å². The summed E-state index contributed by atoms with van der Waals surface area (Å²) in [4.78, 5) is 11.9. The summed E-state index contributed by atoms with van der Waals surface area (Å²) in [7, 11) is 0. The lowest BCUT2D eigenvalue weighted by atomic mass is 10.1. The summed E-state index contributed by atoms with van der Waals surface area (Å²) in [6.45, 7) is 3.85. The molecular formula is C13H19ClN2O2. The Morgan fingerprint density at radius 2 is 2.17 bits per heavy atom. The van der Waals surface area contributed by atoms with E-state index in [1.165, 1.54) is 0 Å². The van der Waals surface area contributed by atoms with Gasteiger partial charge < -0.3 is 15.4 Å². The quantitative estimate of drug-likeness (QED) is 0.870. The van der Waals surface area contributed by atoms with Gasteiger partial charge in [0, 0.05) is 6.54 Å². The smallest absolute Gasteiger partial charge is 0.240 e. The summed E-state index contributed by atoms with van der Waals surface area (Å²) >= 11 is 0. The van der Waals surface area contributed by atoms with Gasteiger partial charge in [0.25, 0.3) is 0 Å². The standard InChI is InChI=1S/C13H18N2O2.ClH/c1-10(11-5-3-2-4-6-11)15-13(16)12-9-17-8-7-14-12;/h2-6,10,12,14H,7-9H2,1H3,(H,15,16);1H. The van der Waals surface area contributed by atoms with Crippen LogP contribution in [0.3, 0.4) is 0 Å². The van der Waals surface area contributed by atoms with Crippen LogP contribution in [0.25, 0.3) is 0 Å². The number of hydrogen-bond donors (Lipinski definition) is 2. The molecule has 0 radical (unpaired) electrons. The predicted octanol–water partition coefficient (Wildman–Crippen LogP) is 1.27. The van der Waals surface area contributed by atoms with Crippen LogP contribution in [0.2, 0.25) is 0 Å². The normalized spacial score (nSPS) is 20.6. The summed E-state index contributed by atoms with van der Waals surface area (Å²) < 4.78 is 5.27. The average Bonchev–Trinajstić information content (AvgIpc) is 2.40. The third-order valence-corrected chi connectivity index (χ3v) is 2.90. The Balaban J connectivity index is 0.00000162. The van der Waals surface area contributed by atoms with Gasteiger partial charge in [0.05, 0.1) is 19.3 Å².